The van der Waals surface area contributed by atoms with Crippen molar-refractivity contribution in [3.8, 4) is 5.75 Å². The monoisotopic (exact) mass is 432 g/mol. The lowest BCUT2D eigenvalue weighted by Crippen LogP contribution is -2.40. The second kappa shape index (κ2) is 8.17. The smallest absolute Gasteiger partial charge is 0.247 e. The van der Waals surface area contributed by atoms with Crippen molar-refractivity contribution < 1.29 is 13.2 Å². The highest BCUT2D eigenvalue weighted by Crippen LogP contribution is 2.38. The number of halogens is 3. The number of benzene rings is 1. The minimum Gasteiger partial charge on any atom is -0.494 e. The largest absolute Gasteiger partial charge is 0.494 e. The Bertz CT molecular complexity index is 628. The Kier molecular flexibility index (Phi) is 7.42. The second-order valence-corrected chi connectivity index (χ2v) is 8.04. The van der Waals surface area contributed by atoms with Gasteiger partial charge in [0, 0.05) is 24.2 Å². The van der Waals surface area contributed by atoms with Crippen LogP contribution in [-0.2, 0) is 10.0 Å². The van der Waals surface area contributed by atoms with Gasteiger partial charge in [-0.3, -0.25) is 0 Å². The predicted octanol–water partition coefficient (Wildman–Crippen LogP) is 2.91. The van der Waals surface area contributed by atoms with Gasteiger partial charge in [-0.25, -0.2) is 8.42 Å². The summed E-state index contributed by atoms with van der Waals surface area (Å²) in [7, 11) is -0.378. The molecule has 0 bridgehead atoms. The number of nitrogens with one attached hydrogen (secondary N) is 1. The van der Waals surface area contributed by atoms with Gasteiger partial charge in [-0.1, -0.05) is 11.6 Å². The molecule has 5 nitrogen and oxygen atoms in total. The molecule has 1 heterocycles. The third kappa shape index (κ3) is 3.88. The predicted molar refractivity (Wildman–Crippen MR) is 93.8 cm³/mol. The van der Waals surface area contributed by atoms with Gasteiger partial charge in [0.2, 0.25) is 10.0 Å². The number of nitrogens with zero attached hydrogens (tertiary/aromatic N) is 1. The number of methoxy groups -OCH3 is 1. The van der Waals surface area contributed by atoms with E-state index < -0.39 is 10.0 Å². The summed E-state index contributed by atoms with van der Waals surface area (Å²) in [5.41, 5.74) is 0. The summed E-state index contributed by atoms with van der Waals surface area (Å²) in [6.07, 6.45) is 1.71. The zero-order chi connectivity index (χ0) is 15.6. The zero-order valence-electron chi connectivity index (χ0n) is 12.3. The van der Waals surface area contributed by atoms with Crippen molar-refractivity contribution in [1.29, 1.82) is 0 Å². The molecule has 0 radical (unpaired) electrons. The van der Waals surface area contributed by atoms with E-state index in [1.807, 2.05) is 7.05 Å². The summed E-state index contributed by atoms with van der Waals surface area (Å²) in [6.45, 7) is 1.14. The number of ether oxygens (including phenoxy) is 1. The van der Waals surface area contributed by atoms with E-state index in [0.717, 1.165) is 12.8 Å². The van der Waals surface area contributed by atoms with Gasteiger partial charge in [-0.15, -0.1) is 12.4 Å². The van der Waals surface area contributed by atoms with Crippen LogP contribution in [0.2, 0.25) is 5.02 Å². The third-order valence-electron chi connectivity index (χ3n) is 3.53. The number of likely N-dealkylation sites (N-methyl/N-ethyl adjacent to an activating group) is 1. The lowest BCUT2D eigenvalue weighted by Gasteiger charge is -2.25. The fraction of sp³-hybridized carbons (Fsp3) is 0.538. The van der Waals surface area contributed by atoms with E-state index in [2.05, 4.69) is 21.2 Å². The average molecular weight is 434 g/mol. The van der Waals surface area contributed by atoms with E-state index in [4.69, 9.17) is 16.3 Å². The Hall–Kier alpha value is -0.0500. The number of hydrogen-bond donors (Lipinski definition) is 1. The SMILES string of the molecule is CNCC1CCCN1S(=O)(=O)c1cc(Cl)cc(Br)c1OC.Cl. The van der Waals surface area contributed by atoms with Crippen LogP contribution in [-0.4, -0.2) is 46.0 Å². The van der Waals surface area contributed by atoms with E-state index in [1.54, 1.807) is 6.07 Å². The van der Waals surface area contributed by atoms with Crippen LogP contribution in [0.4, 0.5) is 0 Å². The summed E-state index contributed by atoms with van der Waals surface area (Å²) < 4.78 is 33.2. The molecule has 9 heteroatoms. The highest BCUT2D eigenvalue weighted by atomic mass is 79.9. The van der Waals surface area contributed by atoms with Crippen LogP contribution in [0.15, 0.2) is 21.5 Å². The normalized spacial score (nSPS) is 19.0. The maximum absolute atomic E-state index is 12.9. The molecule has 2 rings (SSSR count). The maximum Gasteiger partial charge on any atom is 0.247 e. The van der Waals surface area contributed by atoms with Crippen molar-refractivity contribution in [2.45, 2.75) is 23.8 Å². The quantitative estimate of drug-likeness (QED) is 0.775. The van der Waals surface area contributed by atoms with Crippen LogP contribution >= 0.6 is 39.9 Å². The van der Waals surface area contributed by atoms with Gasteiger partial charge in [0.15, 0.2) is 5.75 Å². The van der Waals surface area contributed by atoms with Crippen molar-refractivity contribution >= 4 is 50.0 Å². The first-order chi connectivity index (χ1) is 9.91. The van der Waals surface area contributed by atoms with Crippen molar-refractivity contribution in [2.75, 3.05) is 27.2 Å². The molecule has 1 saturated heterocycles. The van der Waals surface area contributed by atoms with Crippen molar-refractivity contribution in [1.82, 2.24) is 9.62 Å². The summed E-state index contributed by atoms with van der Waals surface area (Å²) in [5.74, 6) is 0.287. The van der Waals surface area contributed by atoms with Crippen LogP contribution in [0.25, 0.3) is 0 Å². The van der Waals surface area contributed by atoms with Crippen LogP contribution in [0.3, 0.4) is 0 Å². The van der Waals surface area contributed by atoms with E-state index in [9.17, 15) is 8.42 Å². The number of hydrogen-bond acceptors (Lipinski definition) is 4. The molecule has 1 atom stereocenters. The lowest BCUT2D eigenvalue weighted by atomic mass is 10.2. The van der Waals surface area contributed by atoms with Gasteiger partial charge in [0.05, 0.1) is 11.6 Å². The van der Waals surface area contributed by atoms with E-state index in [0.29, 0.717) is 22.6 Å². The molecular weight excluding hydrogens is 415 g/mol. The lowest BCUT2D eigenvalue weighted by molar-refractivity contribution is 0.369. The Morgan fingerprint density at radius 3 is 2.77 bits per heavy atom. The second-order valence-electron chi connectivity index (χ2n) is 4.89. The van der Waals surface area contributed by atoms with Gasteiger partial charge in [0.25, 0.3) is 0 Å². The zero-order valence-corrected chi connectivity index (χ0v) is 16.3. The molecule has 1 unspecified atom stereocenters. The summed E-state index contributed by atoms with van der Waals surface area (Å²) in [4.78, 5) is 0.104. The van der Waals surface area contributed by atoms with Crippen molar-refractivity contribution in [2.24, 2.45) is 0 Å². The van der Waals surface area contributed by atoms with E-state index in [1.165, 1.54) is 17.5 Å². The molecule has 1 aromatic rings. The topological polar surface area (TPSA) is 58.6 Å². The highest BCUT2D eigenvalue weighted by molar-refractivity contribution is 9.10. The first-order valence-corrected chi connectivity index (χ1v) is 9.22. The minimum atomic E-state index is -3.64. The molecule has 1 N–H and O–H groups in total. The average Bonchev–Trinajstić information content (AvgIpc) is 2.87. The minimum absolute atomic E-state index is 0. The fourth-order valence-corrected chi connectivity index (χ4v) is 5.68. The molecule has 22 heavy (non-hydrogen) atoms. The van der Waals surface area contributed by atoms with Gasteiger partial charge < -0.3 is 10.1 Å². The third-order valence-corrected chi connectivity index (χ3v) is 6.29. The molecule has 1 aliphatic rings. The van der Waals surface area contributed by atoms with Crippen LogP contribution in [0, 0.1) is 0 Å². The van der Waals surface area contributed by atoms with Gasteiger partial charge in [-0.05, 0) is 48.0 Å². The highest BCUT2D eigenvalue weighted by Gasteiger charge is 2.37. The molecule has 1 fully saturated rings. The summed E-state index contributed by atoms with van der Waals surface area (Å²) in [5, 5.41) is 3.39. The van der Waals surface area contributed by atoms with Gasteiger partial charge >= 0.3 is 0 Å². The number of sulfonamides is 1. The molecule has 0 saturated carbocycles. The molecule has 0 spiro atoms. The molecule has 126 valence electrons. The molecule has 1 aliphatic heterocycles. The standard InChI is InChI=1S/C13H18BrClN2O3S.ClH/c1-16-8-10-4-3-5-17(10)21(18,19)12-7-9(15)6-11(14)13(12)20-2;/h6-7,10,16H,3-5,8H2,1-2H3;1H. The van der Waals surface area contributed by atoms with E-state index in [-0.39, 0.29) is 29.1 Å². The van der Waals surface area contributed by atoms with E-state index >= 15 is 0 Å². The van der Waals surface area contributed by atoms with Crippen LogP contribution < -0.4 is 10.1 Å². The molecule has 0 aromatic heterocycles. The van der Waals surface area contributed by atoms with Crippen LogP contribution in [0.1, 0.15) is 12.8 Å². The Morgan fingerprint density at radius 2 is 2.18 bits per heavy atom. The van der Waals surface area contributed by atoms with Crippen molar-refractivity contribution in [3.63, 3.8) is 0 Å². The fourth-order valence-electron chi connectivity index (χ4n) is 2.62. The molecular formula is C13H19BrCl2N2O3S. The summed E-state index contributed by atoms with van der Waals surface area (Å²) >= 11 is 9.31. The first-order valence-electron chi connectivity index (χ1n) is 6.61. The molecule has 0 aliphatic carbocycles. The Labute approximate surface area is 150 Å². The number of rotatable bonds is 5. The van der Waals surface area contributed by atoms with Gasteiger partial charge in [0.1, 0.15) is 4.90 Å². The van der Waals surface area contributed by atoms with Crippen LogP contribution in [0.5, 0.6) is 5.75 Å². The molecule has 1 aromatic carbocycles. The first kappa shape index (κ1) is 20.0. The van der Waals surface area contributed by atoms with Crippen molar-refractivity contribution in [3.05, 3.63) is 21.6 Å². The van der Waals surface area contributed by atoms with Gasteiger partial charge in [-0.2, -0.15) is 4.31 Å². The molecule has 0 amide bonds. The summed E-state index contributed by atoms with van der Waals surface area (Å²) in [6, 6.07) is 3.02. The Balaban J connectivity index is 0.00000242. The Morgan fingerprint density at radius 1 is 1.50 bits per heavy atom. The maximum atomic E-state index is 12.9.